The lowest BCUT2D eigenvalue weighted by molar-refractivity contribution is -0.385. The summed E-state index contributed by atoms with van der Waals surface area (Å²) in [5.74, 6) is -0.154. The molecule has 1 amide bonds. The SMILES string of the molecule is CCN1C(=O)C(=Cc2ccc(Br)c([N+](=O)[O-])c2)SC1=Nc1ccc(C)cc1. The zero-order valence-corrected chi connectivity index (χ0v) is 17.1. The second-order valence-electron chi connectivity index (χ2n) is 5.86. The molecule has 0 unspecified atom stereocenters. The molecule has 1 saturated heterocycles. The molecule has 0 atom stereocenters. The molecule has 0 aliphatic carbocycles. The number of nitrogens with zero attached hydrogens (tertiary/aromatic N) is 3. The molecule has 2 aromatic carbocycles. The Kier molecular flexibility index (Phi) is 5.76. The Hall–Kier alpha value is -2.45. The second-order valence-corrected chi connectivity index (χ2v) is 7.72. The predicted molar refractivity (Wildman–Crippen MR) is 112 cm³/mol. The van der Waals surface area contributed by atoms with Crippen molar-refractivity contribution in [1.82, 2.24) is 4.90 Å². The maximum absolute atomic E-state index is 12.7. The van der Waals surface area contributed by atoms with Crippen molar-refractivity contribution in [3.05, 3.63) is 73.1 Å². The number of hydrogen-bond acceptors (Lipinski definition) is 5. The quantitative estimate of drug-likeness (QED) is 0.363. The fraction of sp³-hybridized carbons (Fsp3) is 0.158. The van der Waals surface area contributed by atoms with E-state index in [4.69, 9.17) is 0 Å². The molecule has 3 rings (SSSR count). The Balaban J connectivity index is 1.94. The summed E-state index contributed by atoms with van der Waals surface area (Å²) in [7, 11) is 0. The molecular formula is C19H16BrN3O3S. The summed E-state index contributed by atoms with van der Waals surface area (Å²) in [5.41, 5.74) is 2.46. The van der Waals surface area contributed by atoms with Gasteiger partial charge in [0.1, 0.15) is 0 Å². The van der Waals surface area contributed by atoms with E-state index < -0.39 is 4.92 Å². The molecule has 6 nitrogen and oxygen atoms in total. The molecular weight excluding hydrogens is 430 g/mol. The summed E-state index contributed by atoms with van der Waals surface area (Å²) in [6.45, 7) is 4.38. The highest BCUT2D eigenvalue weighted by molar-refractivity contribution is 9.10. The average molecular weight is 446 g/mol. The van der Waals surface area contributed by atoms with Crippen molar-refractivity contribution in [2.75, 3.05) is 6.54 Å². The van der Waals surface area contributed by atoms with Crippen LogP contribution in [-0.2, 0) is 4.79 Å². The maximum atomic E-state index is 12.7. The minimum absolute atomic E-state index is 0.0410. The van der Waals surface area contributed by atoms with Gasteiger partial charge in [-0.05, 0) is 71.4 Å². The number of nitro benzene ring substituents is 1. The van der Waals surface area contributed by atoms with Crippen LogP contribution in [0.3, 0.4) is 0 Å². The monoisotopic (exact) mass is 445 g/mol. The zero-order chi connectivity index (χ0) is 19.6. The number of likely N-dealkylation sites (N-methyl/N-ethyl adjacent to an activating group) is 1. The Labute approximate surface area is 169 Å². The van der Waals surface area contributed by atoms with Crippen LogP contribution in [0.2, 0.25) is 0 Å². The number of aliphatic imine (C=N–C) groups is 1. The molecule has 138 valence electrons. The van der Waals surface area contributed by atoms with E-state index in [1.807, 2.05) is 38.1 Å². The van der Waals surface area contributed by atoms with Crippen molar-refractivity contribution in [3.8, 4) is 0 Å². The molecule has 0 bridgehead atoms. The Bertz CT molecular complexity index is 971. The van der Waals surface area contributed by atoms with E-state index in [-0.39, 0.29) is 11.6 Å². The lowest BCUT2D eigenvalue weighted by Gasteiger charge is -2.12. The van der Waals surface area contributed by atoms with Crippen LogP contribution in [0.1, 0.15) is 18.1 Å². The number of benzene rings is 2. The minimum Gasteiger partial charge on any atom is -0.287 e. The van der Waals surface area contributed by atoms with Gasteiger partial charge in [0.25, 0.3) is 11.6 Å². The van der Waals surface area contributed by atoms with Gasteiger partial charge in [-0.2, -0.15) is 0 Å². The molecule has 0 aromatic heterocycles. The third-order valence-electron chi connectivity index (χ3n) is 3.93. The van der Waals surface area contributed by atoms with Gasteiger partial charge in [-0.3, -0.25) is 19.8 Å². The molecule has 8 heteroatoms. The highest BCUT2D eigenvalue weighted by Crippen LogP contribution is 2.35. The fourth-order valence-corrected chi connectivity index (χ4v) is 3.96. The zero-order valence-electron chi connectivity index (χ0n) is 14.7. The van der Waals surface area contributed by atoms with Crippen molar-refractivity contribution in [3.63, 3.8) is 0 Å². The molecule has 1 heterocycles. The van der Waals surface area contributed by atoms with E-state index in [1.165, 1.54) is 17.8 Å². The molecule has 1 aliphatic heterocycles. The first-order valence-corrected chi connectivity index (χ1v) is 9.80. The van der Waals surface area contributed by atoms with Crippen LogP contribution in [0.4, 0.5) is 11.4 Å². The first-order valence-electron chi connectivity index (χ1n) is 8.19. The number of rotatable bonds is 4. The normalized spacial score (nSPS) is 17.1. The summed E-state index contributed by atoms with van der Waals surface area (Å²) in [6.07, 6.45) is 1.66. The molecule has 1 aliphatic rings. The number of aryl methyl sites for hydroxylation is 1. The average Bonchev–Trinajstić information content (AvgIpc) is 2.93. The Morgan fingerprint density at radius 1 is 1.26 bits per heavy atom. The van der Waals surface area contributed by atoms with Crippen LogP contribution in [0.5, 0.6) is 0 Å². The van der Waals surface area contributed by atoms with Gasteiger partial charge in [0.15, 0.2) is 5.17 Å². The van der Waals surface area contributed by atoms with Gasteiger partial charge in [0.2, 0.25) is 0 Å². The van der Waals surface area contributed by atoms with E-state index in [2.05, 4.69) is 20.9 Å². The van der Waals surface area contributed by atoms with Crippen LogP contribution in [0.25, 0.3) is 6.08 Å². The van der Waals surface area contributed by atoms with Crippen LogP contribution in [0, 0.1) is 17.0 Å². The van der Waals surface area contributed by atoms with Gasteiger partial charge in [0.05, 0.1) is 20.0 Å². The number of carbonyl (C=O) groups excluding carboxylic acids is 1. The molecule has 0 saturated carbocycles. The number of amides is 1. The lowest BCUT2D eigenvalue weighted by Crippen LogP contribution is -2.28. The van der Waals surface area contributed by atoms with Crippen molar-refractivity contribution in [2.24, 2.45) is 4.99 Å². The van der Waals surface area contributed by atoms with Crippen LogP contribution in [-0.4, -0.2) is 27.4 Å². The number of amidine groups is 1. The van der Waals surface area contributed by atoms with E-state index in [0.29, 0.717) is 26.7 Å². The maximum Gasteiger partial charge on any atom is 0.284 e. The third kappa shape index (κ3) is 4.28. The first-order chi connectivity index (χ1) is 12.9. The van der Waals surface area contributed by atoms with E-state index in [9.17, 15) is 14.9 Å². The predicted octanol–water partition coefficient (Wildman–Crippen LogP) is 5.29. The Morgan fingerprint density at radius 2 is 1.96 bits per heavy atom. The van der Waals surface area contributed by atoms with Crippen molar-refractivity contribution in [1.29, 1.82) is 0 Å². The number of nitro groups is 1. The van der Waals surface area contributed by atoms with E-state index >= 15 is 0 Å². The summed E-state index contributed by atoms with van der Waals surface area (Å²) < 4.78 is 0.400. The Morgan fingerprint density at radius 3 is 2.59 bits per heavy atom. The molecule has 27 heavy (non-hydrogen) atoms. The topological polar surface area (TPSA) is 75.8 Å². The van der Waals surface area contributed by atoms with Gasteiger partial charge in [0, 0.05) is 12.6 Å². The largest absolute Gasteiger partial charge is 0.287 e. The van der Waals surface area contributed by atoms with E-state index in [1.54, 1.807) is 23.1 Å². The molecule has 2 aromatic rings. The highest BCUT2D eigenvalue weighted by atomic mass is 79.9. The summed E-state index contributed by atoms with van der Waals surface area (Å²) in [4.78, 5) is 30.0. The lowest BCUT2D eigenvalue weighted by atomic mass is 10.2. The van der Waals surface area contributed by atoms with Gasteiger partial charge in [-0.25, -0.2) is 4.99 Å². The van der Waals surface area contributed by atoms with Crippen LogP contribution in [0.15, 0.2) is 56.8 Å². The van der Waals surface area contributed by atoms with Gasteiger partial charge in [-0.15, -0.1) is 0 Å². The highest BCUT2D eigenvalue weighted by Gasteiger charge is 2.32. The fourth-order valence-electron chi connectivity index (χ4n) is 2.51. The standard InChI is InChI=1S/C19H16BrN3O3S/c1-3-22-18(24)17(11-13-6-9-15(20)16(10-13)23(25)26)27-19(22)21-14-7-4-12(2)5-8-14/h4-11H,3H2,1-2H3. The summed E-state index contributed by atoms with van der Waals surface area (Å²) >= 11 is 4.44. The second kappa shape index (κ2) is 8.06. The summed E-state index contributed by atoms with van der Waals surface area (Å²) in [6, 6.07) is 12.5. The number of thioether (sulfide) groups is 1. The third-order valence-corrected chi connectivity index (χ3v) is 5.60. The number of carbonyl (C=O) groups is 1. The first kappa shape index (κ1) is 19.3. The number of halogens is 1. The smallest absolute Gasteiger partial charge is 0.284 e. The minimum atomic E-state index is -0.460. The van der Waals surface area contributed by atoms with E-state index in [0.717, 1.165) is 11.3 Å². The number of hydrogen-bond donors (Lipinski definition) is 0. The molecule has 0 spiro atoms. The van der Waals surface area contributed by atoms with Gasteiger partial charge >= 0.3 is 0 Å². The molecule has 0 N–H and O–H groups in total. The van der Waals surface area contributed by atoms with Crippen LogP contribution < -0.4 is 0 Å². The van der Waals surface area contributed by atoms with Crippen LogP contribution >= 0.6 is 27.7 Å². The van der Waals surface area contributed by atoms with Crippen molar-refractivity contribution >= 4 is 56.2 Å². The molecule has 1 fully saturated rings. The van der Waals surface area contributed by atoms with Gasteiger partial charge < -0.3 is 0 Å². The van der Waals surface area contributed by atoms with Crippen molar-refractivity contribution < 1.29 is 9.72 Å². The van der Waals surface area contributed by atoms with Gasteiger partial charge in [-0.1, -0.05) is 23.8 Å². The molecule has 0 radical (unpaired) electrons. The summed E-state index contributed by atoms with van der Waals surface area (Å²) in [5, 5.41) is 11.7. The van der Waals surface area contributed by atoms with Crippen molar-refractivity contribution in [2.45, 2.75) is 13.8 Å².